The average Bonchev–Trinajstić information content (AvgIpc) is 3.01. The van der Waals surface area contributed by atoms with Crippen molar-refractivity contribution in [3.05, 3.63) is 18.0 Å². The summed E-state index contributed by atoms with van der Waals surface area (Å²) in [5, 5.41) is 7.73. The highest BCUT2D eigenvalue weighted by Crippen LogP contribution is 2.37. The molecule has 0 saturated heterocycles. The fourth-order valence-corrected chi connectivity index (χ4v) is 3.46. The van der Waals surface area contributed by atoms with Crippen molar-refractivity contribution < 1.29 is 4.74 Å². The Kier molecular flexibility index (Phi) is 4.99. The maximum absolute atomic E-state index is 6.16. The molecule has 0 spiro atoms. The molecule has 108 valence electrons. The van der Waals surface area contributed by atoms with Gasteiger partial charge in [-0.05, 0) is 45.7 Å². The van der Waals surface area contributed by atoms with Crippen molar-refractivity contribution in [3.8, 4) is 0 Å². The Morgan fingerprint density at radius 2 is 2.21 bits per heavy atom. The first-order valence-corrected chi connectivity index (χ1v) is 7.50. The summed E-state index contributed by atoms with van der Waals surface area (Å²) in [6, 6.07) is 2.54. The molecule has 1 saturated carbocycles. The van der Waals surface area contributed by atoms with Gasteiger partial charge in [-0.15, -0.1) is 0 Å². The van der Waals surface area contributed by atoms with Crippen LogP contribution in [0.2, 0.25) is 0 Å². The van der Waals surface area contributed by atoms with E-state index in [1.165, 1.54) is 31.4 Å². The van der Waals surface area contributed by atoms with Gasteiger partial charge in [0.2, 0.25) is 0 Å². The van der Waals surface area contributed by atoms with Crippen LogP contribution in [0, 0.1) is 0 Å². The molecular formula is C15H27N3O. The predicted octanol–water partition coefficient (Wildman–Crippen LogP) is 2.29. The highest BCUT2D eigenvalue weighted by atomic mass is 16.5. The number of nitrogens with zero attached hydrogens (tertiary/aromatic N) is 2. The zero-order valence-electron chi connectivity index (χ0n) is 12.5. The number of rotatable bonds is 7. The molecule has 0 aliphatic heterocycles. The van der Waals surface area contributed by atoms with Crippen LogP contribution in [0.5, 0.6) is 0 Å². The van der Waals surface area contributed by atoms with Crippen molar-refractivity contribution in [2.24, 2.45) is 7.05 Å². The van der Waals surface area contributed by atoms with E-state index in [9.17, 15) is 0 Å². The summed E-state index contributed by atoms with van der Waals surface area (Å²) in [7, 11) is 4.07. The Bertz CT molecular complexity index is 382. The fraction of sp³-hybridized carbons (Fsp3) is 0.800. The summed E-state index contributed by atoms with van der Waals surface area (Å²) >= 11 is 0. The lowest BCUT2D eigenvalue weighted by Crippen LogP contribution is -2.50. The summed E-state index contributed by atoms with van der Waals surface area (Å²) in [6.07, 6.45) is 9.01. The van der Waals surface area contributed by atoms with Gasteiger partial charge >= 0.3 is 0 Å². The van der Waals surface area contributed by atoms with Crippen molar-refractivity contribution in [2.75, 3.05) is 13.7 Å². The van der Waals surface area contributed by atoms with Gasteiger partial charge in [0.05, 0.1) is 5.60 Å². The monoisotopic (exact) mass is 265 g/mol. The van der Waals surface area contributed by atoms with E-state index in [2.05, 4.69) is 30.5 Å². The number of likely N-dealkylation sites (N-methyl/N-ethyl adjacent to an activating group) is 1. The third-order valence-corrected chi connectivity index (χ3v) is 4.48. The van der Waals surface area contributed by atoms with Gasteiger partial charge in [0.15, 0.2) is 0 Å². The second kappa shape index (κ2) is 6.53. The third-order valence-electron chi connectivity index (χ3n) is 4.48. The molecule has 0 aromatic carbocycles. The Labute approximate surface area is 116 Å². The third kappa shape index (κ3) is 3.18. The summed E-state index contributed by atoms with van der Waals surface area (Å²) in [5.74, 6) is 0. The smallest absolute Gasteiger partial charge is 0.0834 e. The molecule has 1 aromatic rings. The topological polar surface area (TPSA) is 39.1 Å². The molecule has 0 radical (unpaired) electrons. The fourth-order valence-electron chi connectivity index (χ4n) is 3.46. The van der Waals surface area contributed by atoms with Crippen molar-refractivity contribution >= 4 is 0 Å². The summed E-state index contributed by atoms with van der Waals surface area (Å²) in [6.45, 7) is 2.91. The number of aryl methyl sites for hydroxylation is 2. The van der Waals surface area contributed by atoms with Gasteiger partial charge in [0.1, 0.15) is 0 Å². The van der Waals surface area contributed by atoms with Crippen LogP contribution in [0.3, 0.4) is 0 Å². The quantitative estimate of drug-likeness (QED) is 0.822. The zero-order valence-corrected chi connectivity index (χ0v) is 12.5. The molecule has 4 heteroatoms. The van der Waals surface area contributed by atoms with E-state index in [1.807, 2.05) is 17.9 Å². The molecule has 4 nitrogen and oxygen atoms in total. The van der Waals surface area contributed by atoms with Crippen molar-refractivity contribution in [3.63, 3.8) is 0 Å². The van der Waals surface area contributed by atoms with Crippen LogP contribution in [-0.4, -0.2) is 35.1 Å². The molecular weight excluding hydrogens is 238 g/mol. The maximum Gasteiger partial charge on any atom is 0.0834 e. The van der Waals surface area contributed by atoms with E-state index in [-0.39, 0.29) is 5.60 Å². The summed E-state index contributed by atoms with van der Waals surface area (Å²) < 4.78 is 8.13. The first-order valence-electron chi connectivity index (χ1n) is 7.50. The SMILES string of the molecule is CCOC1(C(CCc2ccnn2C)NC)CCCC1. The predicted molar refractivity (Wildman–Crippen MR) is 77.2 cm³/mol. The Hall–Kier alpha value is -0.870. The second-order valence-electron chi connectivity index (χ2n) is 5.53. The molecule has 1 aromatic heterocycles. The van der Waals surface area contributed by atoms with Gasteiger partial charge in [0.25, 0.3) is 0 Å². The van der Waals surface area contributed by atoms with Crippen molar-refractivity contribution in [1.82, 2.24) is 15.1 Å². The van der Waals surface area contributed by atoms with Crippen LogP contribution >= 0.6 is 0 Å². The first-order chi connectivity index (χ1) is 9.22. The molecule has 1 atom stereocenters. The van der Waals surface area contributed by atoms with Gasteiger partial charge < -0.3 is 10.1 Å². The zero-order chi connectivity index (χ0) is 13.7. The van der Waals surface area contributed by atoms with Crippen LogP contribution in [0.1, 0.15) is 44.7 Å². The van der Waals surface area contributed by atoms with Gasteiger partial charge in [0, 0.05) is 31.6 Å². The number of hydrogen-bond acceptors (Lipinski definition) is 3. The van der Waals surface area contributed by atoms with E-state index in [0.717, 1.165) is 19.4 Å². The highest BCUT2D eigenvalue weighted by molar-refractivity contribution is 5.03. The molecule has 0 amide bonds. The van der Waals surface area contributed by atoms with E-state index < -0.39 is 0 Å². The highest BCUT2D eigenvalue weighted by Gasteiger charge is 2.41. The Balaban J connectivity index is 2.00. The molecule has 1 aliphatic rings. The van der Waals surface area contributed by atoms with Crippen LogP contribution in [0.25, 0.3) is 0 Å². The average molecular weight is 265 g/mol. The lowest BCUT2D eigenvalue weighted by Gasteiger charge is -2.37. The van der Waals surface area contributed by atoms with E-state index >= 15 is 0 Å². The Morgan fingerprint density at radius 3 is 2.74 bits per heavy atom. The minimum Gasteiger partial charge on any atom is -0.374 e. The van der Waals surface area contributed by atoms with Crippen LogP contribution < -0.4 is 5.32 Å². The number of hydrogen-bond donors (Lipinski definition) is 1. The van der Waals surface area contributed by atoms with Crippen molar-refractivity contribution in [2.45, 2.75) is 57.1 Å². The molecule has 1 aliphatic carbocycles. The van der Waals surface area contributed by atoms with Crippen LogP contribution in [0.15, 0.2) is 12.3 Å². The first kappa shape index (κ1) is 14.5. The largest absolute Gasteiger partial charge is 0.374 e. The normalized spacial score (nSPS) is 19.7. The summed E-state index contributed by atoms with van der Waals surface area (Å²) in [4.78, 5) is 0. The minimum absolute atomic E-state index is 0.0576. The van der Waals surface area contributed by atoms with Crippen LogP contribution in [-0.2, 0) is 18.2 Å². The van der Waals surface area contributed by atoms with Crippen LogP contribution in [0.4, 0.5) is 0 Å². The molecule has 1 N–H and O–H groups in total. The van der Waals surface area contributed by atoms with Gasteiger partial charge in [-0.2, -0.15) is 5.10 Å². The van der Waals surface area contributed by atoms with Gasteiger partial charge in [-0.1, -0.05) is 12.8 Å². The lowest BCUT2D eigenvalue weighted by molar-refractivity contribution is -0.0615. The Morgan fingerprint density at radius 1 is 1.47 bits per heavy atom. The molecule has 1 heterocycles. The van der Waals surface area contributed by atoms with Gasteiger partial charge in [-0.3, -0.25) is 4.68 Å². The minimum atomic E-state index is 0.0576. The number of nitrogens with one attached hydrogen (secondary N) is 1. The molecule has 0 bridgehead atoms. The number of aromatic nitrogens is 2. The van der Waals surface area contributed by atoms with E-state index in [4.69, 9.17) is 4.74 Å². The molecule has 1 unspecified atom stereocenters. The molecule has 2 rings (SSSR count). The van der Waals surface area contributed by atoms with Gasteiger partial charge in [-0.25, -0.2) is 0 Å². The van der Waals surface area contributed by atoms with E-state index in [0.29, 0.717) is 6.04 Å². The van der Waals surface area contributed by atoms with Crippen molar-refractivity contribution in [1.29, 1.82) is 0 Å². The molecule has 19 heavy (non-hydrogen) atoms. The lowest BCUT2D eigenvalue weighted by atomic mass is 9.88. The second-order valence-corrected chi connectivity index (χ2v) is 5.53. The maximum atomic E-state index is 6.16. The standard InChI is InChI=1S/C15H27N3O/c1-4-19-15(10-5-6-11-15)14(16-2)8-7-13-9-12-17-18(13)3/h9,12,14,16H,4-8,10-11H2,1-3H3. The summed E-state index contributed by atoms with van der Waals surface area (Å²) in [5.41, 5.74) is 1.35. The molecule has 1 fully saturated rings. The number of ether oxygens (including phenoxy) is 1. The van der Waals surface area contributed by atoms with E-state index in [1.54, 1.807) is 0 Å².